The smallest absolute Gasteiger partial charge is 0.244 e. The molecule has 0 fully saturated rings. The highest BCUT2D eigenvalue weighted by Crippen LogP contribution is 2.34. The Morgan fingerprint density at radius 3 is 3.04 bits per heavy atom. The fraction of sp³-hybridized carbons (Fsp3) is 0.211. The van der Waals surface area contributed by atoms with Crippen molar-refractivity contribution in [1.29, 1.82) is 0 Å². The lowest BCUT2D eigenvalue weighted by atomic mass is 10.0. The Bertz CT molecular complexity index is 773. The van der Waals surface area contributed by atoms with Crippen LogP contribution < -0.4 is 14.8 Å². The maximum atomic E-state index is 12.3. The van der Waals surface area contributed by atoms with E-state index in [9.17, 15) is 4.79 Å². The number of carbonyl (C=O) groups is 1. The topological polar surface area (TPSA) is 47.6 Å². The zero-order valence-electron chi connectivity index (χ0n) is 13.3. The molecule has 0 aromatic heterocycles. The van der Waals surface area contributed by atoms with Gasteiger partial charge in [-0.2, -0.15) is 0 Å². The minimum Gasteiger partial charge on any atom is -0.497 e. The molecule has 124 valence electrons. The summed E-state index contributed by atoms with van der Waals surface area (Å²) in [5.74, 6) is 1.46. The van der Waals surface area contributed by atoms with E-state index in [4.69, 9.17) is 9.47 Å². The summed E-state index contributed by atoms with van der Waals surface area (Å²) in [6, 6.07) is 13.4. The van der Waals surface area contributed by atoms with Gasteiger partial charge in [-0.05, 0) is 42.0 Å². The van der Waals surface area contributed by atoms with Gasteiger partial charge in [-0.3, -0.25) is 4.79 Å². The van der Waals surface area contributed by atoms with Gasteiger partial charge in [-0.15, -0.1) is 0 Å². The van der Waals surface area contributed by atoms with Gasteiger partial charge in [0.1, 0.15) is 11.5 Å². The fourth-order valence-electron chi connectivity index (χ4n) is 2.65. The number of methoxy groups -OCH3 is 1. The van der Waals surface area contributed by atoms with Crippen LogP contribution in [-0.2, 0) is 4.79 Å². The van der Waals surface area contributed by atoms with Crippen LogP contribution in [0.3, 0.4) is 0 Å². The maximum absolute atomic E-state index is 12.3. The summed E-state index contributed by atoms with van der Waals surface area (Å²) in [5.41, 5.74) is 1.92. The third kappa shape index (κ3) is 3.97. The molecule has 4 nitrogen and oxygen atoms in total. The van der Waals surface area contributed by atoms with Crippen LogP contribution in [0.1, 0.15) is 23.6 Å². The highest BCUT2D eigenvalue weighted by atomic mass is 79.9. The van der Waals surface area contributed by atoms with E-state index in [-0.39, 0.29) is 11.9 Å². The van der Waals surface area contributed by atoms with Crippen LogP contribution in [0.5, 0.6) is 11.5 Å². The number of fused-ring (bicyclic) bond motifs is 1. The van der Waals surface area contributed by atoms with Crippen molar-refractivity contribution in [3.8, 4) is 11.5 Å². The van der Waals surface area contributed by atoms with Crippen LogP contribution in [0.4, 0.5) is 0 Å². The molecule has 1 amide bonds. The number of carbonyl (C=O) groups excluding carboxylic acids is 1. The molecule has 1 atom stereocenters. The lowest BCUT2D eigenvalue weighted by Crippen LogP contribution is -2.31. The van der Waals surface area contributed by atoms with Gasteiger partial charge in [0.25, 0.3) is 0 Å². The summed E-state index contributed by atoms with van der Waals surface area (Å²) in [7, 11) is 1.62. The Kier molecular flexibility index (Phi) is 5.20. The Balaban J connectivity index is 1.69. The van der Waals surface area contributed by atoms with Gasteiger partial charge < -0.3 is 14.8 Å². The van der Waals surface area contributed by atoms with Crippen molar-refractivity contribution in [1.82, 2.24) is 5.32 Å². The molecule has 1 N–H and O–H groups in total. The molecule has 0 saturated heterocycles. The number of hydrogen-bond acceptors (Lipinski definition) is 3. The lowest BCUT2D eigenvalue weighted by Gasteiger charge is -2.26. The van der Waals surface area contributed by atoms with E-state index in [0.717, 1.165) is 33.5 Å². The number of hydrogen-bond donors (Lipinski definition) is 1. The second kappa shape index (κ2) is 7.53. The second-order valence-corrected chi connectivity index (χ2v) is 6.41. The van der Waals surface area contributed by atoms with Crippen LogP contribution in [0.15, 0.2) is 53.0 Å². The van der Waals surface area contributed by atoms with E-state index in [1.54, 1.807) is 19.3 Å². The third-order valence-corrected chi connectivity index (χ3v) is 4.34. The van der Waals surface area contributed by atoms with Gasteiger partial charge in [-0.25, -0.2) is 0 Å². The van der Waals surface area contributed by atoms with Crippen molar-refractivity contribution >= 4 is 27.9 Å². The average Bonchev–Trinajstić information content (AvgIpc) is 2.61. The molecule has 24 heavy (non-hydrogen) atoms. The summed E-state index contributed by atoms with van der Waals surface area (Å²) >= 11 is 3.46. The summed E-state index contributed by atoms with van der Waals surface area (Å²) in [4.78, 5) is 12.3. The van der Waals surface area contributed by atoms with E-state index >= 15 is 0 Å². The van der Waals surface area contributed by atoms with E-state index in [1.165, 1.54) is 0 Å². The van der Waals surface area contributed by atoms with Crippen LogP contribution in [0, 0.1) is 0 Å². The molecular weight excluding hydrogens is 370 g/mol. The number of ether oxygens (including phenoxy) is 2. The predicted molar refractivity (Wildman–Crippen MR) is 97.2 cm³/mol. The summed E-state index contributed by atoms with van der Waals surface area (Å²) in [6.07, 6.45) is 4.07. The summed E-state index contributed by atoms with van der Waals surface area (Å²) in [5, 5.41) is 3.04. The normalized spacial score (nSPS) is 16.3. The molecule has 5 heteroatoms. The molecule has 0 spiro atoms. The molecule has 1 aliphatic rings. The summed E-state index contributed by atoms with van der Waals surface area (Å²) in [6.45, 7) is 0.596. The van der Waals surface area contributed by atoms with Gasteiger partial charge in [0.15, 0.2) is 0 Å². The Morgan fingerprint density at radius 2 is 2.21 bits per heavy atom. The molecule has 0 saturated carbocycles. The largest absolute Gasteiger partial charge is 0.497 e. The molecule has 3 rings (SSSR count). The van der Waals surface area contributed by atoms with Gasteiger partial charge >= 0.3 is 0 Å². The SMILES string of the molecule is COc1cccc(/C=C/C(=O)NC2CCOc3ccc(Br)cc32)c1. The molecule has 0 aliphatic carbocycles. The lowest BCUT2D eigenvalue weighted by molar-refractivity contribution is -0.117. The monoisotopic (exact) mass is 387 g/mol. The average molecular weight is 388 g/mol. The first kappa shape index (κ1) is 16.6. The van der Waals surface area contributed by atoms with E-state index in [0.29, 0.717) is 6.61 Å². The Hall–Kier alpha value is -2.27. The summed E-state index contributed by atoms with van der Waals surface area (Å²) < 4.78 is 11.8. The van der Waals surface area contributed by atoms with Gasteiger partial charge in [0.05, 0.1) is 19.8 Å². The molecule has 1 aliphatic heterocycles. The van der Waals surface area contributed by atoms with Crippen molar-refractivity contribution in [3.63, 3.8) is 0 Å². The highest BCUT2D eigenvalue weighted by molar-refractivity contribution is 9.10. The first-order chi connectivity index (χ1) is 11.7. The highest BCUT2D eigenvalue weighted by Gasteiger charge is 2.22. The Labute approximate surface area is 149 Å². The maximum Gasteiger partial charge on any atom is 0.244 e. The standard InChI is InChI=1S/C19H18BrNO3/c1-23-15-4-2-3-13(11-15)5-8-19(22)21-17-9-10-24-18-7-6-14(20)12-16(17)18/h2-8,11-12,17H,9-10H2,1H3,(H,21,22)/b8-5+. The zero-order chi connectivity index (χ0) is 16.9. The van der Waals surface area contributed by atoms with E-state index in [2.05, 4.69) is 21.2 Å². The molecular formula is C19H18BrNO3. The molecule has 1 unspecified atom stereocenters. The van der Waals surface area contributed by atoms with Crippen LogP contribution >= 0.6 is 15.9 Å². The van der Waals surface area contributed by atoms with Crippen LogP contribution in [0.25, 0.3) is 6.08 Å². The number of rotatable bonds is 4. The van der Waals surface area contributed by atoms with Gasteiger partial charge in [0, 0.05) is 22.5 Å². The fourth-order valence-corrected chi connectivity index (χ4v) is 3.03. The molecule has 2 aromatic rings. The van der Waals surface area contributed by atoms with Crippen molar-refractivity contribution in [2.75, 3.05) is 13.7 Å². The van der Waals surface area contributed by atoms with Gasteiger partial charge in [0.2, 0.25) is 5.91 Å². The minimum absolute atomic E-state index is 0.0475. The predicted octanol–water partition coefficient (Wildman–Crippen LogP) is 4.11. The van der Waals surface area contributed by atoms with E-state index in [1.807, 2.05) is 42.5 Å². The van der Waals surface area contributed by atoms with E-state index < -0.39 is 0 Å². The number of amides is 1. The first-order valence-electron chi connectivity index (χ1n) is 7.70. The van der Waals surface area contributed by atoms with Crippen LogP contribution in [0.2, 0.25) is 0 Å². The first-order valence-corrected chi connectivity index (χ1v) is 8.50. The van der Waals surface area contributed by atoms with Crippen molar-refractivity contribution < 1.29 is 14.3 Å². The third-order valence-electron chi connectivity index (χ3n) is 3.85. The molecule has 0 radical (unpaired) electrons. The van der Waals surface area contributed by atoms with Crippen molar-refractivity contribution in [2.45, 2.75) is 12.5 Å². The number of halogens is 1. The quantitative estimate of drug-likeness (QED) is 0.802. The minimum atomic E-state index is -0.129. The Morgan fingerprint density at radius 1 is 1.33 bits per heavy atom. The van der Waals surface area contributed by atoms with Gasteiger partial charge in [-0.1, -0.05) is 28.1 Å². The van der Waals surface area contributed by atoms with Crippen molar-refractivity contribution in [3.05, 3.63) is 64.1 Å². The zero-order valence-corrected chi connectivity index (χ0v) is 14.9. The number of benzene rings is 2. The van der Waals surface area contributed by atoms with Crippen LogP contribution in [-0.4, -0.2) is 19.6 Å². The second-order valence-electron chi connectivity index (χ2n) is 5.49. The molecule has 2 aromatic carbocycles. The molecule has 1 heterocycles. The number of nitrogens with one attached hydrogen (secondary N) is 1. The van der Waals surface area contributed by atoms with Crippen molar-refractivity contribution in [2.24, 2.45) is 0 Å². The molecule has 0 bridgehead atoms.